The van der Waals surface area contributed by atoms with E-state index < -0.39 is 0 Å². The minimum absolute atomic E-state index is 0.740. The van der Waals surface area contributed by atoms with Crippen molar-refractivity contribution in [3.63, 3.8) is 0 Å². The minimum atomic E-state index is 0.740. The van der Waals surface area contributed by atoms with Gasteiger partial charge < -0.3 is 10.2 Å². The predicted molar refractivity (Wildman–Crippen MR) is 60.5 cm³/mol. The number of hydrogen-bond donors (Lipinski definition) is 1. The second-order valence-corrected chi connectivity index (χ2v) is 5.13. The van der Waals surface area contributed by atoms with Crippen LogP contribution in [0.25, 0.3) is 0 Å². The lowest BCUT2D eigenvalue weighted by Gasteiger charge is -2.35. The maximum absolute atomic E-state index is 3.55. The average molecular weight is 196 g/mol. The minimum Gasteiger partial charge on any atom is -0.314 e. The molecule has 2 fully saturated rings. The molecule has 2 rings (SSSR count). The number of hydrogen-bond acceptors (Lipinski definition) is 2. The molecule has 0 aromatic rings. The molecular formula is C12H24N2. The van der Waals surface area contributed by atoms with Gasteiger partial charge in [0, 0.05) is 18.6 Å². The van der Waals surface area contributed by atoms with E-state index in [1.165, 1.54) is 45.3 Å². The van der Waals surface area contributed by atoms with Gasteiger partial charge in [0.05, 0.1) is 0 Å². The molecule has 1 N–H and O–H groups in total. The van der Waals surface area contributed by atoms with Crippen molar-refractivity contribution in [2.45, 2.75) is 51.6 Å². The Morgan fingerprint density at radius 2 is 2.07 bits per heavy atom. The van der Waals surface area contributed by atoms with Crippen molar-refractivity contribution in [1.82, 2.24) is 10.2 Å². The second kappa shape index (κ2) is 4.63. The van der Waals surface area contributed by atoms with E-state index in [4.69, 9.17) is 0 Å². The van der Waals surface area contributed by atoms with Gasteiger partial charge in [-0.1, -0.05) is 6.42 Å². The molecular weight excluding hydrogens is 172 g/mol. The summed E-state index contributed by atoms with van der Waals surface area (Å²) in [4.78, 5) is 2.71. The van der Waals surface area contributed by atoms with Crippen molar-refractivity contribution < 1.29 is 0 Å². The maximum Gasteiger partial charge on any atom is 0.00796 e. The van der Waals surface area contributed by atoms with Crippen LogP contribution >= 0.6 is 0 Å². The summed E-state index contributed by atoms with van der Waals surface area (Å²) in [6.45, 7) is 8.63. The van der Waals surface area contributed by atoms with Crippen LogP contribution in [0.3, 0.4) is 0 Å². The third-order valence-electron chi connectivity index (χ3n) is 4.10. The first kappa shape index (κ1) is 10.4. The van der Waals surface area contributed by atoms with E-state index in [9.17, 15) is 0 Å². The Balaban J connectivity index is 1.83. The lowest BCUT2D eigenvalue weighted by atomic mass is 9.97. The third kappa shape index (κ3) is 2.29. The highest BCUT2D eigenvalue weighted by atomic mass is 15.2. The normalized spacial score (nSPS) is 40.3. The van der Waals surface area contributed by atoms with E-state index in [1.807, 2.05) is 0 Å². The first-order valence-electron chi connectivity index (χ1n) is 6.25. The van der Waals surface area contributed by atoms with Crippen LogP contribution in [0.5, 0.6) is 0 Å². The van der Waals surface area contributed by atoms with E-state index in [0.29, 0.717) is 0 Å². The maximum atomic E-state index is 3.55. The molecule has 0 spiro atoms. The smallest absolute Gasteiger partial charge is 0.00796 e. The van der Waals surface area contributed by atoms with Gasteiger partial charge in [0.25, 0.3) is 0 Å². The molecule has 0 bridgehead atoms. The van der Waals surface area contributed by atoms with Crippen LogP contribution in [0.2, 0.25) is 0 Å². The number of likely N-dealkylation sites (tertiary alicyclic amines) is 1. The van der Waals surface area contributed by atoms with Crippen LogP contribution in [0.15, 0.2) is 0 Å². The fraction of sp³-hybridized carbons (Fsp3) is 1.00. The van der Waals surface area contributed by atoms with E-state index >= 15 is 0 Å². The molecule has 2 aliphatic heterocycles. The third-order valence-corrected chi connectivity index (χ3v) is 4.10. The zero-order chi connectivity index (χ0) is 9.97. The largest absolute Gasteiger partial charge is 0.314 e. The number of piperidine rings is 1. The topological polar surface area (TPSA) is 15.3 Å². The molecule has 82 valence electrons. The zero-order valence-electron chi connectivity index (χ0n) is 9.63. The van der Waals surface area contributed by atoms with Crippen molar-refractivity contribution in [3.8, 4) is 0 Å². The van der Waals surface area contributed by atoms with Gasteiger partial charge in [-0.2, -0.15) is 0 Å². The Kier molecular flexibility index (Phi) is 3.45. The summed E-state index contributed by atoms with van der Waals surface area (Å²) < 4.78 is 0. The SMILES string of the molecule is CC1NCCC1CN1CCCCC1C. The summed E-state index contributed by atoms with van der Waals surface area (Å²) in [5.41, 5.74) is 0. The lowest BCUT2D eigenvalue weighted by molar-refractivity contribution is 0.133. The fourth-order valence-corrected chi connectivity index (χ4v) is 2.89. The molecule has 3 unspecified atom stereocenters. The van der Waals surface area contributed by atoms with Crippen molar-refractivity contribution in [1.29, 1.82) is 0 Å². The number of nitrogens with zero attached hydrogens (tertiary/aromatic N) is 1. The van der Waals surface area contributed by atoms with Gasteiger partial charge in [-0.3, -0.25) is 0 Å². The van der Waals surface area contributed by atoms with Gasteiger partial charge in [-0.05, 0) is 52.1 Å². The Morgan fingerprint density at radius 3 is 2.71 bits per heavy atom. The van der Waals surface area contributed by atoms with E-state index in [1.54, 1.807) is 0 Å². The monoisotopic (exact) mass is 196 g/mol. The molecule has 2 saturated heterocycles. The van der Waals surface area contributed by atoms with Crippen LogP contribution in [0, 0.1) is 5.92 Å². The van der Waals surface area contributed by atoms with Crippen LogP contribution < -0.4 is 5.32 Å². The van der Waals surface area contributed by atoms with Crippen LogP contribution in [0.4, 0.5) is 0 Å². The lowest BCUT2D eigenvalue weighted by Crippen LogP contribution is -2.42. The molecule has 14 heavy (non-hydrogen) atoms. The molecule has 2 nitrogen and oxygen atoms in total. The molecule has 3 atom stereocenters. The Bertz CT molecular complexity index is 181. The quantitative estimate of drug-likeness (QED) is 0.725. The molecule has 0 aliphatic carbocycles. The summed E-state index contributed by atoms with van der Waals surface area (Å²) in [7, 11) is 0. The van der Waals surface area contributed by atoms with Crippen LogP contribution in [0.1, 0.15) is 39.5 Å². The van der Waals surface area contributed by atoms with Gasteiger partial charge in [-0.15, -0.1) is 0 Å². The van der Waals surface area contributed by atoms with Gasteiger partial charge >= 0.3 is 0 Å². The molecule has 0 aromatic heterocycles. The molecule has 2 aliphatic rings. The predicted octanol–water partition coefficient (Wildman–Crippen LogP) is 1.86. The first-order chi connectivity index (χ1) is 6.77. The Morgan fingerprint density at radius 1 is 1.21 bits per heavy atom. The van der Waals surface area contributed by atoms with Crippen molar-refractivity contribution >= 4 is 0 Å². The summed E-state index contributed by atoms with van der Waals surface area (Å²) in [5, 5.41) is 3.55. The van der Waals surface area contributed by atoms with Gasteiger partial charge in [0.1, 0.15) is 0 Å². The summed E-state index contributed by atoms with van der Waals surface area (Å²) >= 11 is 0. The van der Waals surface area contributed by atoms with E-state index in [0.717, 1.165) is 18.0 Å². The van der Waals surface area contributed by atoms with Gasteiger partial charge in [-0.25, -0.2) is 0 Å². The first-order valence-corrected chi connectivity index (χ1v) is 6.25. The standard InChI is InChI=1S/C12H24N2/c1-10-5-3-4-8-14(10)9-12-6-7-13-11(12)2/h10-13H,3-9H2,1-2H3. The highest BCUT2D eigenvalue weighted by molar-refractivity contribution is 4.84. The van der Waals surface area contributed by atoms with Crippen LogP contribution in [-0.2, 0) is 0 Å². The summed E-state index contributed by atoms with van der Waals surface area (Å²) in [6, 6.07) is 1.57. The van der Waals surface area contributed by atoms with E-state index in [2.05, 4.69) is 24.1 Å². The highest BCUT2D eigenvalue weighted by Crippen LogP contribution is 2.22. The fourth-order valence-electron chi connectivity index (χ4n) is 2.89. The molecule has 0 amide bonds. The second-order valence-electron chi connectivity index (χ2n) is 5.13. The van der Waals surface area contributed by atoms with Crippen molar-refractivity contribution in [2.75, 3.05) is 19.6 Å². The average Bonchev–Trinajstić information content (AvgIpc) is 2.56. The Hall–Kier alpha value is -0.0800. The summed E-state index contributed by atoms with van der Waals surface area (Å²) in [6.07, 6.45) is 5.65. The van der Waals surface area contributed by atoms with Crippen molar-refractivity contribution in [2.24, 2.45) is 5.92 Å². The molecule has 0 radical (unpaired) electrons. The zero-order valence-corrected chi connectivity index (χ0v) is 9.63. The number of rotatable bonds is 2. The van der Waals surface area contributed by atoms with E-state index in [-0.39, 0.29) is 0 Å². The van der Waals surface area contributed by atoms with Gasteiger partial charge in [0.15, 0.2) is 0 Å². The Labute approximate surface area is 88.1 Å². The molecule has 0 saturated carbocycles. The number of nitrogens with one attached hydrogen (secondary N) is 1. The molecule has 0 aromatic carbocycles. The molecule has 2 heteroatoms. The van der Waals surface area contributed by atoms with Crippen molar-refractivity contribution in [3.05, 3.63) is 0 Å². The van der Waals surface area contributed by atoms with Crippen LogP contribution in [-0.4, -0.2) is 36.6 Å². The molecule has 2 heterocycles. The highest BCUT2D eigenvalue weighted by Gasteiger charge is 2.27. The summed E-state index contributed by atoms with van der Waals surface area (Å²) in [5.74, 6) is 0.899. The van der Waals surface area contributed by atoms with Gasteiger partial charge in [0.2, 0.25) is 0 Å².